The molecule has 0 aromatic carbocycles. The predicted molar refractivity (Wildman–Crippen MR) is 70.2 cm³/mol. The smallest absolute Gasteiger partial charge is 0.0869 e. The zero-order chi connectivity index (χ0) is 12.9. The highest BCUT2D eigenvalue weighted by Gasteiger charge is 2.25. The molecule has 0 aromatic heterocycles. The van der Waals surface area contributed by atoms with Crippen molar-refractivity contribution in [2.75, 3.05) is 33.8 Å². The van der Waals surface area contributed by atoms with Gasteiger partial charge >= 0.3 is 0 Å². The molecule has 1 saturated heterocycles. The molecule has 102 valence electrons. The first kappa shape index (κ1) is 14.9. The summed E-state index contributed by atoms with van der Waals surface area (Å²) < 4.78 is 5.64. The van der Waals surface area contributed by atoms with Gasteiger partial charge in [0.1, 0.15) is 0 Å². The molecular weight excluding hydrogens is 216 g/mol. The summed E-state index contributed by atoms with van der Waals surface area (Å²) >= 11 is 0. The summed E-state index contributed by atoms with van der Waals surface area (Å²) in [5.41, 5.74) is -0.663. The van der Waals surface area contributed by atoms with E-state index in [1.54, 1.807) is 0 Å². The fraction of sp³-hybridized carbons (Fsp3) is 1.00. The molecule has 3 unspecified atom stereocenters. The highest BCUT2D eigenvalue weighted by molar-refractivity contribution is 4.83. The third-order valence-corrected chi connectivity index (χ3v) is 3.25. The van der Waals surface area contributed by atoms with Crippen LogP contribution in [-0.4, -0.2) is 61.5 Å². The quantitative estimate of drug-likeness (QED) is 0.727. The molecule has 0 radical (unpaired) electrons. The Morgan fingerprint density at radius 3 is 2.76 bits per heavy atom. The van der Waals surface area contributed by atoms with Crippen molar-refractivity contribution < 1.29 is 9.84 Å². The highest BCUT2D eigenvalue weighted by atomic mass is 16.5. The maximum absolute atomic E-state index is 10.2. The van der Waals surface area contributed by atoms with Crippen molar-refractivity contribution in [3.63, 3.8) is 0 Å². The average Bonchev–Trinajstić information content (AvgIpc) is 2.25. The van der Waals surface area contributed by atoms with E-state index in [-0.39, 0.29) is 0 Å². The first-order chi connectivity index (χ1) is 7.93. The molecule has 2 N–H and O–H groups in total. The molecule has 0 spiro atoms. The van der Waals surface area contributed by atoms with Gasteiger partial charge in [0.05, 0.1) is 11.7 Å². The Labute approximate surface area is 105 Å². The number of rotatable bonds is 6. The van der Waals surface area contributed by atoms with Crippen molar-refractivity contribution in [2.24, 2.45) is 0 Å². The number of likely N-dealkylation sites (N-methyl/N-ethyl adjacent to an activating group) is 1. The van der Waals surface area contributed by atoms with Crippen molar-refractivity contribution in [2.45, 2.75) is 50.9 Å². The molecule has 0 bridgehead atoms. The van der Waals surface area contributed by atoms with Gasteiger partial charge < -0.3 is 20.1 Å². The summed E-state index contributed by atoms with van der Waals surface area (Å²) in [6, 6.07) is 0.488. The average molecular weight is 244 g/mol. The van der Waals surface area contributed by atoms with Crippen LogP contribution in [0.3, 0.4) is 0 Å². The Bertz CT molecular complexity index is 219. The number of nitrogens with one attached hydrogen (secondary N) is 1. The van der Waals surface area contributed by atoms with Gasteiger partial charge in [-0.3, -0.25) is 0 Å². The minimum atomic E-state index is -0.663. The lowest BCUT2D eigenvalue weighted by Crippen LogP contribution is -2.50. The van der Waals surface area contributed by atoms with Crippen LogP contribution >= 0.6 is 0 Å². The van der Waals surface area contributed by atoms with Gasteiger partial charge in [-0.2, -0.15) is 0 Å². The Morgan fingerprint density at radius 1 is 1.47 bits per heavy atom. The van der Waals surface area contributed by atoms with Crippen molar-refractivity contribution in [1.82, 2.24) is 10.2 Å². The van der Waals surface area contributed by atoms with Crippen LogP contribution in [0.15, 0.2) is 0 Å². The van der Waals surface area contributed by atoms with Gasteiger partial charge in [0.2, 0.25) is 0 Å². The topological polar surface area (TPSA) is 44.7 Å². The molecule has 4 nitrogen and oxygen atoms in total. The van der Waals surface area contributed by atoms with E-state index in [1.807, 2.05) is 25.9 Å². The van der Waals surface area contributed by atoms with Crippen LogP contribution in [0.4, 0.5) is 0 Å². The highest BCUT2D eigenvalue weighted by Crippen LogP contribution is 2.16. The van der Waals surface area contributed by atoms with Crippen LogP contribution < -0.4 is 5.32 Å². The minimum Gasteiger partial charge on any atom is -0.388 e. The summed E-state index contributed by atoms with van der Waals surface area (Å²) in [5.74, 6) is 0. The molecule has 1 fully saturated rings. The van der Waals surface area contributed by atoms with Crippen LogP contribution in [0.2, 0.25) is 0 Å². The summed E-state index contributed by atoms with van der Waals surface area (Å²) in [4.78, 5) is 2.01. The van der Waals surface area contributed by atoms with E-state index in [9.17, 15) is 5.11 Å². The van der Waals surface area contributed by atoms with Gasteiger partial charge in [0, 0.05) is 25.7 Å². The van der Waals surface area contributed by atoms with E-state index >= 15 is 0 Å². The Balaban J connectivity index is 2.29. The molecule has 0 amide bonds. The molecule has 1 rings (SSSR count). The van der Waals surface area contributed by atoms with E-state index in [0.717, 1.165) is 25.9 Å². The Kier molecular flexibility index (Phi) is 5.86. The van der Waals surface area contributed by atoms with E-state index in [0.29, 0.717) is 25.2 Å². The maximum Gasteiger partial charge on any atom is 0.0869 e. The Hall–Kier alpha value is -0.160. The van der Waals surface area contributed by atoms with Gasteiger partial charge in [0.15, 0.2) is 0 Å². The second kappa shape index (κ2) is 6.69. The van der Waals surface area contributed by atoms with Crippen molar-refractivity contribution in [1.29, 1.82) is 0 Å². The van der Waals surface area contributed by atoms with Crippen molar-refractivity contribution >= 4 is 0 Å². The zero-order valence-corrected chi connectivity index (χ0v) is 11.7. The summed E-state index contributed by atoms with van der Waals surface area (Å²) in [5, 5.41) is 13.7. The third-order valence-electron chi connectivity index (χ3n) is 3.25. The number of hydrogen-bond donors (Lipinski definition) is 2. The number of hydrogen-bond acceptors (Lipinski definition) is 4. The van der Waals surface area contributed by atoms with Crippen LogP contribution in [0, 0.1) is 0 Å². The van der Waals surface area contributed by atoms with Gasteiger partial charge in [-0.1, -0.05) is 6.92 Å². The first-order valence-electron chi connectivity index (χ1n) is 6.65. The van der Waals surface area contributed by atoms with E-state index in [4.69, 9.17) is 4.74 Å². The Morgan fingerprint density at radius 2 is 2.18 bits per heavy atom. The minimum absolute atomic E-state index is 0.389. The van der Waals surface area contributed by atoms with Crippen LogP contribution in [0.25, 0.3) is 0 Å². The summed E-state index contributed by atoms with van der Waals surface area (Å²) in [6.45, 7) is 6.21. The lowest BCUT2D eigenvalue weighted by molar-refractivity contribution is -0.0108. The molecule has 4 heteroatoms. The van der Waals surface area contributed by atoms with Gasteiger partial charge in [-0.25, -0.2) is 0 Å². The third kappa shape index (κ3) is 5.82. The fourth-order valence-electron chi connectivity index (χ4n) is 2.45. The van der Waals surface area contributed by atoms with Crippen molar-refractivity contribution in [3.05, 3.63) is 0 Å². The molecule has 0 saturated carbocycles. The zero-order valence-electron chi connectivity index (χ0n) is 11.7. The number of nitrogens with zero attached hydrogens (tertiary/aromatic N) is 1. The normalized spacial score (nSPS) is 29.3. The lowest BCUT2D eigenvalue weighted by atomic mass is 10.00. The number of ether oxygens (including phenoxy) is 1. The van der Waals surface area contributed by atoms with Crippen LogP contribution in [0.5, 0.6) is 0 Å². The molecule has 1 aliphatic heterocycles. The molecule has 1 heterocycles. The van der Waals surface area contributed by atoms with E-state index in [1.165, 1.54) is 0 Å². The van der Waals surface area contributed by atoms with Gasteiger partial charge in [0.25, 0.3) is 0 Å². The molecule has 17 heavy (non-hydrogen) atoms. The standard InChI is InChI=1S/C13H28N2O2/c1-5-12-8-11(6-7-17-12)14-9-13(2,16)10-15(3)4/h11-12,14,16H,5-10H2,1-4H3. The SMILES string of the molecule is CCC1CC(NCC(C)(O)CN(C)C)CCO1. The second-order valence-corrected chi connectivity index (χ2v) is 5.74. The van der Waals surface area contributed by atoms with Crippen LogP contribution in [0.1, 0.15) is 33.1 Å². The fourth-order valence-corrected chi connectivity index (χ4v) is 2.45. The lowest BCUT2D eigenvalue weighted by Gasteiger charge is -2.33. The maximum atomic E-state index is 10.2. The predicted octanol–water partition coefficient (Wildman–Crippen LogP) is 0.846. The molecule has 1 aliphatic rings. The van der Waals surface area contributed by atoms with Gasteiger partial charge in [-0.05, 0) is 40.3 Å². The molecule has 0 aliphatic carbocycles. The molecule has 3 atom stereocenters. The second-order valence-electron chi connectivity index (χ2n) is 5.74. The van der Waals surface area contributed by atoms with E-state index in [2.05, 4.69) is 12.2 Å². The molecular formula is C13H28N2O2. The van der Waals surface area contributed by atoms with E-state index < -0.39 is 5.60 Å². The largest absolute Gasteiger partial charge is 0.388 e. The summed E-state index contributed by atoms with van der Waals surface area (Å²) in [7, 11) is 3.96. The summed E-state index contributed by atoms with van der Waals surface area (Å²) in [6.07, 6.45) is 3.58. The van der Waals surface area contributed by atoms with Gasteiger partial charge in [-0.15, -0.1) is 0 Å². The first-order valence-corrected chi connectivity index (χ1v) is 6.65. The number of aliphatic hydroxyl groups is 1. The monoisotopic (exact) mass is 244 g/mol. The van der Waals surface area contributed by atoms with Crippen molar-refractivity contribution in [3.8, 4) is 0 Å². The molecule has 0 aromatic rings. The van der Waals surface area contributed by atoms with Crippen LogP contribution in [-0.2, 0) is 4.74 Å².